The topological polar surface area (TPSA) is 92.8 Å². The second-order valence-corrected chi connectivity index (χ2v) is 9.50. The van der Waals surface area contributed by atoms with Crippen LogP contribution >= 0.6 is 0 Å². The summed E-state index contributed by atoms with van der Waals surface area (Å²) in [5.74, 6) is -1.10. The average molecular weight is 481 g/mol. The zero-order valence-electron chi connectivity index (χ0n) is 19.2. The molecule has 0 aliphatic heterocycles. The first-order valence-corrected chi connectivity index (χ1v) is 12.5. The minimum atomic E-state index is -3.57. The van der Waals surface area contributed by atoms with Gasteiger partial charge in [0.25, 0.3) is 5.91 Å². The SMILES string of the molecule is CCN(CC)S(=O)(=O)c1ccc(NC(=O)COC(=O)c2ccccc2Cc2ccccc2)cc1. The van der Waals surface area contributed by atoms with E-state index in [0.29, 0.717) is 30.8 Å². The lowest BCUT2D eigenvalue weighted by Gasteiger charge is -2.18. The van der Waals surface area contributed by atoms with Gasteiger partial charge in [0.2, 0.25) is 10.0 Å². The Bertz CT molecular complexity index is 1220. The van der Waals surface area contributed by atoms with Gasteiger partial charge in [-0.3, -0.25) is 4.79 Å². The van der Waals surface area contributed by atoms with Crippen molar-refractivity contribution in [3.8, 4) is 0 Å². The van der Waals surface area contributed by atoms with E-state index in [4.69, 9.17) is 4.74 Å². The largest absolute Gasteiger partial charge is 0.452 e. The Morgan fingerprint density at radius 2 is 1.47 bits per heavy atom. The van der Waals surface area contributed by atoms with E-state index in [9.17, 15) is 18.0 Å². The lowest BCUT2D eigenvalue weighted by molar-refractivity contribution is -0.119. The maximum absolute atomic E-state index is 12.6. The molecule has 0 aliphatic carbocycles. The first-order chi connectivity index (χ1) is 16.3. The highest BCUT2D eigenvalue weighted by Crippen LogP contribution is 2.19. The number of sulfonamides is 1. The van der Waals surface area contributed by atoms with Crippen LogP contribution in [0.3, 0.4) is 0 Å². The number of hydrogen-bond acceptors (Lipinski definition) is 5. The van der Waals surface area contributed by atoms with Crippen LogP contribution in [0.1, 0.15) is 35.3 Å². The summed E-state index contributed by atoms with van der Waals surface area (Å²) in [7, 11) is -3.57. The van der Waals surface area contributed by atoms with Gasteiger partial charge in [0, 0.05) is 18.8 Å². The number of rotatable bonds is 10. The fourth-order valence-electron chi connectivity index (χ4n) is 3.52. The van der Waals surface area contributed by atoms with Crippen LogP contribution in [0, 0.1) is 0 Å². The molecule has 0 saturated heterocycles. The molecule has 178 valence electrons. The standard InChI is InChI=1S/C26H28N2O5S/c1-3-28(4-2)34(31,32)23-16-14-22(15-17-23)27-25(29)19-33-26(30)24-13-9-8-12-21(24)18-20-10-6-5-7-11-20/h5-17H,3-4,18-19H2,1-2H3,(H,27,29). The number of carbonyl (C=O) groups excluding carboxylic acids is 2. The number of hydrogen-bond donors (Lipinski definition) is 1. The molecule has 0 heterocycles. The molecule has 3 aromatic rings. The average Bonchev–Trinajstić information content (AvgIpc) is 2.84. The number of anilines is 1. The van der Waals surface area contributed by atoms with E-state index in [1.807, 2.05) is 42.5 Å². The van der Waals surface area contributed by atoms with Crippen LogP contribution in [0.2, 0.25) is 0 Å². The molecule has 3 rings (SSSR count). The zero-order chi connectivity index (χ0) is 24.6. The molecule has 1 N–H and O–H groups in total. The Kier molecular flexibility index (Phi) is 8.56. The van der Waals surface area contributed by atoms with E-state index < -0.39 is 28.5 Å². The molecule has 3 aromatic carbocycles. The van der Waals surface area contributed by atoms with Crippen molar-refractivity contribution in [3.05, 3.63) is 95.6 Å². The molecule has 8 heteroatoms. The summed E-state index contributed by atoms with van der Waals surface area (Å²) in [5.41, 5.74) is 2.69. The molecule has 34 heavy (non-hydrogen) atoms. The fraction of sp³-hybridized carbons (Fsp3) is 0.231. The van der Waals surface area contributed by atoms with Gasteiger partial charge >= 0.3 is 5.97 Å². The van der Waals surface area contributed by atoms with E-state index in [0.717, 1.165) is 11.1 Å². The first-order valence-electron chi connectivity index (χ1n) is 11.0. The van der Waals surface area contributed by atoms with Gasteiger partial charge in [0.05, 0.1) is 10.5 Å². The van der Waals surface area contributed by atoms with Crippen molar-refractivity contribution in [1.29, 1.82) is 0 Å². The summed E-state index contributed by atoms with van der Waals surface area (Å²) in [6.45, 7) is 3.83. The Morgan fingerprint density at radius 1 is 0.853 bits per heavy atom. The van der Waals surface area contributed by atoms with Crippen LogP contribution in [-0.2, 0) is 26.0 Å². The predicted octanol–water partition coefficient (Wildman–Crippen LogP) is 4.10. The van der Waals surface area contributed by atoms with Crippen molar-refractivity contribution >= 4 is 27.6 Å². The molecule has 1 amide bonds. The smallest absolute Gasteiger partial charge is 0.338 e. The number of benzene rings is 3. The highest BCUT2D eigenvalue weighted by atomic mass is 32.2. The molecule has 0 bridgehead atoms. The summed E-state index contributed by atoms with van der Waals surface area (Å²) in [6.07, 6.45) is 0.570. The van der Waals surface area contributed by atoms with Gasteiger partial charge < -0.3 is 10.1 Å². The number of nitrogens with one attached hydrogen (secondary N) is 1. The van der Waals surface area contributed by atoms with Gasteiger partial charge in [-0.2, -0.15) is 4.31 Å². The number of carbonyl (C=O) groups is 2. The number of ether oxygens (including phenoxy) is 1. The van der Waals surface area contributed by atoms with Crippen LogP contribution < -0.4 is 5.32 Å². The summed E-state index contributed by atoms with van der Waals surface area (Å²) < 4.78 is 31.7. The maximum atomic E-state index is 12.6. The van der Waals surface area contributed by atoms with Crippen molar-refractivity contribution in [1.82, 2.24) is 4.31 Å². The third-order valence-electron chi connectivity index (χ3n) is 5.29. The van der Waals surface area contributed by atoms with Gasteiger partial charge in [-0.25, -0.2) is 13.2 Å². The van der Waals surface area contributed by atoms with Crippen LogP contribution in [0.25, 0.3) is 0 Å². The van der Waals surface area contributed by atoms with Crippen LogP contribution in [0.5, 0.6) is 0 Å². The van der Waals surface area contributed by atoms with Crippen molar-refractivity contribution in [2.45, 2.75) is 25.2 Å². The molecule has 7 nitrogen and oxygen atoms in total. The van der Waals surface area contributed by atoms with Gasteiger partial charge in [0.1, 0.15) is 0 Å². The minimum absolute atomic E-state index is 0.149. The summed E-state index contributed by atoms with van der Waals surface area (Å²) >= 11 is 0. The van der Waals surface area contributed by atoms with Gasteiger partial charge in [-0.05, 0) is 47.9 Å². The highest BCUT2D eigenvalue weighted by Gasteiger charge is 2.21. The van der Waals surface area contributed by atoms with E-state index >= 15 is 0 Å². The summed E-state index contributed by atoms with van der Waals surface area (Å²) in [6, 6.07) is 22.8. The van der Waals surface area contributed by atoms with Gasteiger partial charge in [0.15, 0.2) is 6.61 Å². The van der Waals surface area contributed by atoms with Crippen LogP contribution in [0.4, 0.5) is 5.69 Å². The van der Waals surface area contributed by atoms with E-state index in [1.54, 1.807) is 26.0 Å². The number of esters is 1. The lowest BCUT2D eigenvalue weighted by atomic mass is 10.00. The van der Waals surface area contributed by atoms with E-state index in [-0.39, 0.29) is 4.90 Å². The highest BCUT2D eigenvalue weighted by molar-refractivity contribution is 7.89. The summed E-state index contributed by atoms with van der Waals surface area (Å²) in [4.78, 5) is 25.1. The molecule has 0 unspecified atom stereocenters. The normalized spacial score (nSPS) is 11.3. The second kappa shape index (κ2) is 11.6. The molecule has 0 fully saturated rings. The Labute approximate surface area is 200 Å². The molecule has 0 aromatic heterocycles. The quantitative estimate of drug-likeness (QED) is 0.441. The zero-order valence-corrected chi connectivity index (χ0v) is 20.0. The Balaban J connectivity index is 1.59. The Hall–Kier alpha value is -3.49. The predicted molar refractivity (Wildman–Crippen MR) is 131 cm³/mol. The first kappa shape index (κ1) is 25.1. The molecular formula is C26H28N2O5S. The second-order valence-electron chi connectivity index (χ2n) is 7.56. The van der Waals surface area contributed by atoms with Gasteiger partial charge in [-0.15, -0.1) is 0 Å². The molecule has 0 aliphatic rings. The third kappa shape index (κ3) is 6.30. The van der Waals surface area contributed by atoms with Crippen molar-refractivity contribution < 1.29 is 22.7 Å². The molecule has 0 spiro atoms. The Morgan fingerprint density at radius 3 is 2.12 bits per heavy atom. The number of nitrogens with zero attached hydrogens (tertiary/aromatic N) is 1. The third-order valence-corrected chi connectivity index (χ3v) is 7.35. The number of amides is 1. The summed E-state index contributed by atoms with van der Waals surface area (Å²) in [5, 5.41) is 2.61. The molecule has 0 saturated carbocycles. The van der Waals surface area contributed by atoms with Crippen molar-refractivity contribution in [2.75, 3.05) is 25.0 Å². The molecule has 0 atom stereocenters. The van der Waals surface area contributed by atoms with Crippen LogP contribution in [-0.4, -0.2) is 44.3 Å². The van der Waals surface area contributed by atoms with E-state index in [1.165, 1.54) is 28.6 Å². The van der Waals surface area contributed by atoms with Gasteiger partial charge in [-0.1, -0.05) is 62.4 Å². The van der Waals surface area contributed by atoms with Crippen molar-refractivity contribution in [3.63, 3.8) is 0 Å². The van der Waals surface area contributed by atoms with E-state index in [2.05, 4.69) is 5.32 Å². The monoisotopic (exact) mass is 480 g/mol. The van der Waals surface area contributed by atoms with Crippen LogP contribution in [0.15, 0.2) is 83.8 Å². The van der Waals surface area contributed by atoms with Crippen molar-refractivity contribution in [2.24, 2.45) is 0 Å². The lowest BCUT2D eigenvalue weighted by Crippen LogP contribution is -2.30. The minimum Gasteiger partial charge on any atom is -0.452 e. The fourth-order valence-corrected chi connectivity index (χ4v) is 4.98. The molecule has 0 radical (unpaired) electrons. The molecular weight excluding hydrogens is 452 g/mol. The maximum Gasteiger partial charge on any atom is 0.338 e.